The Morgan fingerprint density at radius 2 is 1.90 bits per heavy atom. The van der Waals surface area contributed by atoms with Crippen molar-refractivity contribution in [2.45, 2.75) is 39.3 Å². The highest BCUT2D eigenvalue weighted by atomic mass is 32.2. The number of nitrogens with zero attached hydrogens (tertiary/aromatic N) is 6. The minimum Gasteiger partial charge on any atom is -0.311 e. The number of amides is 1. The van der Waals surface area contributed by atoms with Gasteiger partial charge in [0.1, 0.15) is 0 Å². The maximum atomic E-state index is 13.0. The molecule has 1 heterocycles. The lowest BCUT2D eigenvalue weighted by Crippen LogP contribution is -2.33. The van der Waals surface area contributed by atoms with Crippen molar-refractivity contribution in [2.75, 3.05) is 17.2 Å². The fourth-order valence-corrected chi connectivity index (χ4v) is 3.88. The van der Waals surface area contributed by atoms with Gasteiger partial charge in [0.25, 0.3) is 0 Å². The average molecular weight is 421 g/mol. The van der Waals surface area contributed by atoms with E-state index in [0.717, 1.165) is 33.6 Å². The number of carbonyl (C=O) groups excluding carboxylic acids is 1. The highest BCUT2D eigenvalue weighted by Gasteiger charge is 2.19. The third kappa shape index (κ3) is 4.86. The lowest BCUT2D eigenvalue weighted by Gasteiger charge is -2.22. The zero-order chi connectivity index (χ0) is 21.7. The van der Waals surface area contributed by atoms with E-state index in [1.54, 1.807) is 9.58 Å². The number of aryl methyl sites for hydroxylation is 4. The third-order valence-corrected chi connectivity index (χ3v) is 5.80. The van der Waals surface area contributed by atoms with Gasteiger partial charge in [0.15, 0.2) is 0 Å². The molecule has 3 aromatic rings. The fourth-order valence-electron chi connectivity index (χ4n) is 3.12. The summed E-state index contributed by atoms with van der Waals surface area (Å²) < 4.78 is 1.66. The van der Waals surface area contributed by atoms with Crippen LogP contribution in [-0.4, -0.2) is 38.4 Å². The van der Waals surface area contributed by atoms with Gasteiger partial charge in [-0.2, -0.15) is 9.94 Å². The van der Waals surface area contributed by atoms with E-state index in [-0.39, 0.29) is 18.1 Å². The number of tetrazole rings is 1. The average Bonchev–Trinajstić information content (AvgIpc) is 3.17. The van der Waals surface area contributed by atoms with Crippen molar-refractivity contribution >= 4 is 23.4 Å². The van der Waals surface area contributed by atoms with Gasteiger partial charge < -0.3 is 4.90 Å². The zero-order valence-electron chi connectivity index (χ0n) is 17.6. The molecular weight excluding hydrogens is 396 g/mol. The minimum absolute atomic E-state index is 0.0892. The number of thioether (sulfide) groups is 1. The number of nitriles is 1. The predicted molar refractivity (Wildman–Crippen MR) is 118 cm³/mol. The van der Waals surface area contributed by atoms with Gasteiger partial charge in [0, 0.05) is 12.2 Å². The van der Waals surface area contributed by atoms with Crippen molar-refractivity contribution in [3.05, 3.63) is 58.7 Å². The molecule has 0 aliphatic carbocycles. The summed E-state index contributed by atoms with van der Waals surface area (Å²) in [7, 11) is 0. The molecule has 0 bridgehead atoms. The van der Waals surface area contributed by atoms with E-state index in [2.05, 4.69) is 27.7 Å². The second kappa shape index (κ2) is 9.55. The summed E-state index contributed by atoms with van der Waals surface area (Å²) in [6.45, 7) is 8.43. The summed E-state index contributed by atoms with van der Waals surface area (Å²) >= 11 is 1.29. The molecule has 0 aliphatic heterocycles. The molecule has 7 nitrogen and oxygen atoms in total. The number of benzene rings is 2. The van der Waals surface area contributed by atoms with Crippen LogP contribution >= 0.6 is 11.8 Å². The van der Waals surface area contributed by atoms with Gasteiger partial charge in [-0.05, 0) is 73.0 Å². The van der Waals surface area contributed by atoms with Crippen LogP contribution in [0.15, 0.2) is 41.6 Å². The van der Waals surface area contributed by atoms with Crippen LogP contribution in [0.3, 0.4) is 0 Å². The SMILES string of the molecule is Cc1ccc(-n2nnnc2SCC(=O)N(CCC#N)c2ccc(C)c(C)c2)c(C)c1. The quantitative estimate of drug-likeness (QED) is 0.538. The highest BCUT2D eigenvalue weighted by Crippen LogP contribution is 2.24. The third-order valence-electron chi connectivity index (χ3n) is 4.90. The monoisotopic (exact) mass is 420 g/mol. The summed E-state index contributed by atoms with van der Waals surface area (Å²) in [6, 6.07) is 14.1. The molecule has 3 rings (SSSR count). The summed E-state index contributed by atoms with van der Waals surface area (Å²) in [4.78, 5) is 14.7. The molecule has 30 heavy (non-hydrogen) atoms. The Hall–Kier alpha value is -3.18. The Morgan fingerprint density at radius 1 is 1.10 bits per heavy atom. The second-order valence-corrected chi connectivity index (χ2v) is 8.12. The first-order valence-corrected chi connectivity index (χ1v) is 10.6. The Labute approximate surface area is 180 Å². The van der Waals surface area contributed by atoms with Crippen molar-refractivity contribution in [3.8, 4) is 11.8 Å². The van der Waals surface area contributed by atoms with Crippen LogP contribution in [0.25, 0.3) is 5.69 Å². The summed E-state index contributed by atoms with van der Waals surface area (Å²) in [5.41, 5.74) is 6.17. The fraction of sp³-hybridized carbons (Fsp3) is 0.318. The molecule has 2 aromatic carbocycles. The van der Waals surface area contributed by atoms with E-state index in [1.165, 1.54) is 11.8 Å². The van der Waals surface area contributed by atoms with Crippen LogP contribution in [0.2, 0.25) is 0 Å². The van der Waals surface area contributed by atoms with Crippen LogP contribution < -0.4 is 4.90 Å². The number of carbonyl (C=O) groups is 1. The molecule has 0 fully saturated rings. The van der Waals surface area contributed by atoms with Crippen LogP contribution in [0.1, 0.15) is 28.7 Å². The van der Waals surface area contributed by atoms with Gasteiger partial charge in [-0.3, -0.25) is 4.79 Å². The van der Waals surface area contributed by atoms with Crippen LogP contribution in [0.4, 0.5) is 5.69 Å². The topological polar surface area (TPSA) is 87.7 Å². The molecule has 0 unspecified atom stereocenters. The number of hydrogen-bond donors (Lipinski definition) is 0. The number of aromatic nitrogens is 4. The first-order chi connectivity index (χ1) is 14.4. The van der Waals surface area contributed by atoms with E-state index in [0.29, 0.717) is 11.7 Å². The first-order valence-electron chi connectivity index (χ1n) is 9.64. The molecule has 0 radical (unpaired) electrons. The van der Waals surface area contributed by atoms with Gasteiger partial charge in [0.2, 0.25) is 11.1 Å². The largest absolute Gasteiger partial charge is 0.311 e. The second-order valence-electron chi connectivity index (χ2n) is 7.17. The van der Waals surface area contributed by atoms with Crippen molar-refractivity contribution in [2.24, 2.45) is 0 Å². The van der Waals surface area contributed by atoms with E-state index in [9.17, 15) is 4.79 Å². The van der Waals surface area contributed by atoms with E-state index in [4.69, 9.17) is 5.26 Å². The Balaban J connectivity index is 1.78. The summed E-state index contributed by atoms with van der Waals surface area (Å²) in [5, 5.41) is 21.5. The molecule has 1 aromatic heterocycles. The van der Waals surface area contributed by atoms with Crippen molar-refractivity contribution in [3.63, 3.8) is 0 Å². The van der Waals surface area contributed by atoms with Crippen LogP contribution in [-0.2, 0) is 4.79 Å². The molecule has 1 amide bonds. The standard InChI is InChI=1S/C22H24N6OS/c1-15-6-9-20(18(4)12-15)28-22(24-25-26-28)30-14-21(29)27(11-5-10-23)19-8-7-16(2)17(3)13-19/h6-9,12-13H,5,11,14H2,1-4H3. The summed E-state index contributed by atoms with van der Waals surface area (Å²) in [5.74, 6) is 0.0811. The Morgan fingerprint density at radius 3 is 2.60 bits per heavy atom. The Kier molecular flexibility index (Phi) is 6.85. The molecule has 0 atom stereocenters. The highest BCUT2D eigenvalue weighted by molar-refractivity contribution is 7.99. The molecular formula is C22H24N6OS. The van der Waals surface area contributed by atoms with Crippen molar-refractivity contribution in [1.82, 2.24) is 20.2 Å². The molecule has 154 valence electrons. The van der Waals surface area contributed by atoms with E-state index in [1.807, 2.05) is 58.0 Å². The molecule has 8 heteroatoms. The molecule has 0 saturated carbocycles. The number of hydrogen-bond acceptors (Lipinski definition) is 6. The summed E-state index contributed by atoms with van der Waals surface area (Å²) in [6.07, 6.45) is 0.267. The normalized spacial score (nSPS) is 10.6. The van der Waals surface area contributed by atoms with Gasteiger partial charge in [0.05, 0.1) is 23.9 Å². The maximum absolute atomic E-state index is 13.0. The Bertz CT molecular complexity index is 1100. The number of rotatable bonds is 7. The smallest absolute Gasteiger partial charge is 0.237 e. The van der Waals surface area contributed by atoms with Gasteiger partial charge >= 0.3 is 0 Å². The van der Waals surface area contributed by atoms with Gasteiger partial charge in [-0.25, -0.2) is 0 Å². The lowest BCUT2D eigenvalue weighted by atomic mass is 10.1. The number of anilines is 1. The van der Waals surface area contributed by atoms with Crippen molar-refractivity contribution < 1.29 is 4.79 Å². The zero-order valence-corrected chi connectivity index (χ0v) is 18.4. The first kappa shape index (κ1) is 21.5. The molecule has 0 aliphatic rings. The van der Waals surface area contributed by atoms with Gasteiger partial charge in [-0.1, -0.05) is 35.5 Å². The maximum Gasteiger partial charge on any atom is 0.237 e. The predicted octanol–water partition coefficient (Wildman–Crippen LogP) is 3.93. The van der Waals surface area contributed by atoms with Crippen molar-refractivity contribution in [1.29, 1.82) is 5.26 Å². The lowest BCUT2D eigenvalue weighted by molar-refractivity contribution is -0.116. The van der Waals surface area contributed by atoms with Crippen LogP contribution in [0.5, 0.6) is 0 Å². The molecule has 0 saturated heterocycles. The minimum atomic E-state index is -0.0892. The van der Waals surface area contributed by atoms with Crippen LogP contribution in [0, 0.1) is 39.0 Å². The van der Waals surface area contributed by atoms with E-state index < -0.39 is 0 Å². The molecule has 0 N–H and O–H groups in total. The van der Waals surface area contributed by atoms with Gasteiger partial charge in [-0.15, -0.1) is 5.10 Å². The molecule has 0 spiro atoms. The van der Waals surface area contributed by atoms with E-state index >= 15 is 0 Å².